The molecule has 0 saturated carbocycles. The smallest absolute Gasteiger partial charge is 0.413 e. The molecule has 0 unspecified atom stereocenters. The molecule has 152 valence electrons. The van der Waals surface area contributed by atoms with Crippen LogP contribution in [0.25, 0.3) is 0 Å². The number of urea groups is 1. The number of hydrogen-bond acceptors (Lipinski definition) is 5. The minimum Gasteiger partial charge on any atom is -0.452 e. The second-order valence-corrected chi connectivity index (χ2v) is 8.26. The maximum absolute atomic E-state index is 12.1. The Hall–Kier alpha value is -2.42. The Kier molecular flexibility index (Phi) is 6.66. The van der Waals surface area contributed by atoms with Crippen molar-refractivity contribution in [1.82, 2.24) is 10.6 Å². The summed E-state index contributed by atoms with van der Waals surface area (Å²) in [7, 11) is 2.95. The predicted molar refractivity (Wildman–Crippen MR) is 110 cm³/mol. The Bertz CT molecular complexity index is 727. The summed E-state index contributed by atoms with van der Waals surface area (Å²) in [6.45, 7) is 0. The Morgan fingerprint density at radius 1 is 1.25 bits per heavy atom. The third kappa shape index (κ3) is 4.89. The Morgan fingerprint density at radius 3 is 2.71 bits per heavy atom. The largest absolute Gasteiger partial charge is 0.452 e. The standard InChI is InChI=1S/C19H26N4O4S/c1-23(19(26)27-2)13-9-7-12(8-10-13)20-16(24)6-4-3-5-15-17-14(11-28-15)21-18(25)22-17/h7-10,14-15,17H,3-6,11H2,1-2H3,(H,20,24)(H2,21,22,25)/t14-,15-,17-/m0/s1. The Balaban J connectivity index is 1.36. The second kappa shape index (κ2) is 9.18. The van der Waals surface area contributed by atoms with Gasteiger partial charge in [-0.1, -0.05) is 6.42 Å². The predicted octanol–water partition coefficient (Wildman–Crippen LogP) is 2.55. The van der Waals surface area contributed by atoms with Crippen LogP contribution in [-0.4, -0.2) is 55.3 Å². The van der Waals surface area contributed by atoms with Crippen LogP contribution in [0.3, 0.4) is 0 Å². The van der Waals surface area contributed by atoms with Gasteiger partial charge in [-0.15, -0.1) is 0 Å². The van der Waals surface area contributed by atoms with E-state index in [0.29, 0.717) is 23.0 Å². The summed E-state index contributed by atoms with van der Waals surface area (Å²) < 4.78 is 4.67. The van der Waals surface area contributed by atoms with Crippen LogP contribution in [0.2, 0.25) is 0 Å². The van der Waals surface area contributed by atoms with E-state index in [-0.39, 0.29) is 24.0 Å². The molecule has 2 aliphatic heterocycles. The fourth-order valence-electron chi connectivity index (χ4n) is 3.51. The average Bonchev–Trinajstić information content (AvgIpc) is 3.24. The molecule has 2 aliphatic rings. The van der Waals surface area contributed by atoms with Gasteiger partial charge in [-0.25, -0.2) is 9.59 Å². The number of anilines is 2. The van der Waals surface area contributed by atoms with E-state index < -0.39 is 6.09 Å². The van der Waals surface area contributed by atoms with E-state index in [2.05, 4.69) is 20.7 Å². The molecule has 3 rings (SSSR count). The van der Waals surface area contributed by atoms with Crippen LogP contribution in [0.4, 0.5) is 21.0 Å². The lowest BCUT2D eigenvalue weighted by Crippen LogP contribution is -2.36. The van der Waals surface area contributed by atoms with Crippen LogP contribution < -0.4 is 20.9 Å². The van der Waals surface area contributed by atoms with Crippen molar-refractivity contribution in [1.29, 1.82) is 0 Å². The van der Waals surface area contributed by atoms with E-state index in [1.165, 1.54) is 12.0 Å². The van der Waals surface area contributed by atoms with Crippen molar-refractivity contribution in [2.75, 3.05) is 30.1 Å². The quantitative estimate of drug-likeness (QED) is 0.477. The summed E-state index contributed by atoms with van der Waals surface area (Å²) in [6.07, 6.45) is 2.77. The lowest BCUT2D eigenvalue weighted by molar-refractivity contribution is -0.116. The number of nitrogens with one attached hydrogen (secondary N) is 3. The van der Waals surface area contributed by atoms with Gasteiger partial charge in [0.2, 0.25) is 5.91 Å². The van der Waals surface area contributed by atoms with Crippen molar-refractivity contribution in [3.8, 4) is 0 Å². The topological polar surface area (TPSA) is 99.8 Å². The summed E-state index contributed by atoms with van der Waals surface area (Å²) in [5, 5.41) is 9.23. The van der Waals surface area contributed by atoms with Crippen molar-refractivity contribution in [2.24, 2.45) is 0 Å². The van der Waals surface area contributed by atoms with Gasteiger partial charge in [0.1, 0.15) is 0 Å². The highest BCUT2D eigenvalue weighted by atomic mass is 32.2. The van der Waals surface area contributed by atoms with Crippen molar-refractivity contribution >= 4 is 41.2 Å². The summed E-state index contributed by atoms with van der Waals surface area (Å²) in [5.41, 5.74) is 1.38. The summed E-state index contributed by atoms with van der Waals surface area (Å²) in [5.74, 6) is 0.928. The van der Waals surface area contributed by atoms with Crippen molar-refractivity contribution in [3.05, 3.63) is 24.3 Å². The molecule has 0 spiro atoms. The zero-order valence-corrected chi connectivity index (χ0v) is 16.9. The third-order valence-corrected chi connectivity index (χ3v) is 6.58. The molecular weight excluding hydrogens is 380 g/mol. The van der Waals surface area contributed by atoms with Crippen LogP contribution in [0.1, 0.15) is 25.7 Å². The second-order valence-electron chi connectivity index (χ2n) is 6.99. The molecule has 2 fully saturated rings. The molecule has 28 heavy (non-hydrogen) atoms. The van der Waals surface area contributed by atoms with Gasteiger partial charge >= 0.3 is 12.1 Å². The van der Waals surface area contributed by atoms with Crippen LogP contribution in [0, 0.1) is 0 Å². The Morgan fingerprint density at radius 2 is 2.00 bits per heavy atom. The number of thioether (sulfide) groups is 1. The van der Waals surface area contributed by atoms with E-state index in [1.807, 2.05) is 11.8 Å². The summed E-state index contributed by atoms with van der Waals surface area (Å²) in [4.78, 5) is 36.4. The highest BCUT2D eigenvalue weighted by Gasteiger charge is 2.42. The van der Waals surface area contributed by atoms with Crippen molar-refractivity contribution in [3.63, 3.8) is 0 Å². The van der Waals surface area contributed by atoms with Crippen LogP contribution >= 0.6 is 11.8 Å². The zero-order valence-electron chi connectivity index (χ0n) is 16.1. The number of amides is 4. The summed E-state index contributed by atoms with van der Waals surface area (Å²) in [6, 6.07) is 7.42. The molecule has 8 nitrogen and oxygen atoms in total. The number of fused-ring (bicyclic) bond motifs is 1. The normalized spacial score (nSPS) is 22.8. The average molecular weight is 407 g/mol. The molecule has 0 aliphatic carbocycles. The number of carbonyl (C=O) groups excluding carboxylic acids is 3. The van der Waals surface area contributed by atoms with Gasteiger partial charge in [-0.3, -0.25) is 9.69 Å². The van der Waals surface area contributed by atoms with E-state index in [9.17, 15) is 14.4 Å². The first-order valence-corrected chi connectivity index (χ1v) is 10.4. The SMILES string of the molecule is COC(=O)N(C)c1ccc(NC(=O)CCCC[C@@H]2SC[C@@H]3NC(=O)N[C@@H]32)cc1. The van der Waals surface area contributed by atoms with Crippen LogP contribution in [0.5, 0.6) is 0 Å². The van der Waals surface area contributed by atoms with E-state index in [4.69, 9.17) is 0 Å². The first kappa shape index (κ1) is 20.3. The van der Waals surface area contributed by atoms with Gasteiger partial charge in [0.05, 0.1) is 19.2 Å². The number of hydrogen-bond donors (Lipinski definition) is 3. The maximum atomic E-state index is 12.1. The Labute approximate surface area is 168 Å². The fourth-order valence-corrected chi connectivity index (χ4v) is 5.05. The molecule has 1 aromatic carbocycles. The van der Waals surface area contributed by atoms with Crippen LogP contribution in [0.15, 0.2) is 24.3 Å². The van der Waals surface area contributed by atoms with Crippen molar-refractivity contribution in [2.45, 2.75) is 43.0 Å². The highest BCUT2D eigenvalue weighted by Crippen LogP contribution is 2.33. The van der Waals surface area contributed by atoms with E-state index in [0.717, 1.165) is 25.0 Å². The lowest BCUT2D eigenvalue weighted by atomic mass is 10.0. The molecule has 1 aromatic rings. The minimum absolute atomic E-state index is 0.0261. The fraction of sp³-hybridized carbons (Fsp3) is 0.526. The monoisotopic (exact) mass is 406 g/mol. The van der Waals surface area contributed by atoms with Gasteiger partial charge < -0.3 is 20.7 Å². The molecule has 2 heterocycles. The number of unbranched alkanes of at least 4 members (excludes halogenated alkanes) is 1. The lowest BCUT2D eigenvalue weighted by Gasteiger charge is -2.16. The van der Waals surface area contributed by atoms with Crippen molar-refractivity contribution < 1.29 is 19.1 Å². The van der Waals surface area contributed by atoms with Gasteiger partial charge in [0, 0.05) is 35.8 Å². The van der Waals surface area contributed by atoms with Gasteiger partial charge in [0.25, 0.3) is 0 Å². The molecule has 2 saturated heterocycles. The van der Waals surface area contributed by atoms with Gasteiger partial charge in [0.15, 0.2) is 0 Å². The van der Waals surface area contributed by atoms with Crippen LogP contribution in [-0.2, 0) is 9.53 Å². The summed E-state index contributed by atoms with van der Waals surface area (Å²) >= 11 is 1.89. The first-order valence-electron chi connectivity index (χ1n) is 9.38. The number of nitrogens with zero attached hydrogens (tertiary/aromatic N) is 1. The highest BCUT2D eigenvalue weighted by molar-refractivity contribution is 8.00. The molecular formula is C19H26N4O4S. The molecule has 0 bridgehead atoms. The molecule has 4 amide bonds. The minimum atomic E-state index is -0.448. The molecule has 9 heteroatoms. The molecule has 3 atom stereocenters. The number of carbonyl (C=O) groups is 3. The first-order chi connectivity index (χ1) is 13.5. The number of benzene rings is 1. The number of rotatable bonds is 7. The molecule has 0 radical (unpaired) electrons. The zero-order chi connectivity index (χ0) is 20.1. The third-order valence-electron chi connectivity index (χ3n) is 5.07. The number of methoxy groups -OCH3 is 1. The molecule has 0 aromatic heterocycles. The van der Waals surface area contributed by atoms with E-state index >= 15 is 0 Å². The number of ether oxygens (including phenoxy) is 1. The van der Waals surface area contributed by atoms with Gasteiger partial charge in [-0.05, 0) is 37.1 Å². The molecule has 3 N–H and O–H groups in total. The van der Waals surface area contributed by atoms with E-state index in [1.54, 1.807) is 31.3 Å². The van der Waals surface area contributed by atoms with Gasteiger partial charge in [-0.2, -0.15) is 11.8 Å². The maximum Gasteiger partial charge on any atom is 0.413 e.